The number of halogens is 1. The van der Waals surface area contributed by atoms with Gasteiger partial charge >= 0.3 is 5.97 Å². The molecule has 1 unspecified atom stereocenters. The number of benzene rings is 2. The molecule has 1 atom stereocenters. The first-order valence-corrected chi connectivity index (χ1v) is 9.51. The average Bonchev–Trinajstić information content (AvgIpc) is 2.97. The molecule has 0 fully saturated rings. The molecule has 1 aromatic heterocycles. The van der Waals surface area contributed by atoms with E-state index in [1.807, 2.05) is 0 Å². The summed E-state index contributed by atoms with van der Waals surface area (Å²) in [7, 11) is 1.56. The predicted molar refractivity (Wildman–Crippen MR) is 111 cm³/mol. The van der Waals surface area contributed by atoms with Gasteiger partial charge in [0.2, 0.25) is 0 Å². The van der Waals surface area contributed by atoms with Crippen LogP contribution in [0, 0.1) is 6.92 Å². The predicted octanol–water partition coefficient (Wildman–Crippen LogP) is 3.77. The number of aromatic nitrogens is 1. The van der Waals surface area contributed by atoms with E-state index in [1.165, 1.54) is 0 Å². The Morgan fingerprint density at radius 3 is 2.48 bits per heavy atom. The first-order chi connectivity index (χ1) is 13.8. The summed E-state index contributed by atoms with van der Waals surface area (Å²) in [5.74, 6) is -0.0834. The van der Waals surface area contributed by atoms with Gasteiger partial charge in [0.25, 0.3) is 5.91 Å². The zero-order valence-electron chi connectivity index (χ0n) is 16.4. The lowest BCUT2D eigenvalue weighted by atomic mass is 10.1. The monoisotopic (exact) mass is 415 g/mol. The molecular weight excluding hydrogens is 394 g/mol. The lowest BCUT2D eigenvalue weighted by molar-refractivity contribution is -0.145. The van der Waals surface area contributed by atoms with E-state index in [0.717, 1.165) is 5.39 Å². The molecule has 0 radical (unpaired) electrons. The normalized spacial score (nSPS) is 12.0. The summed E-state index contributed by atoms with van der Waals surface area (Å²) in [6.07, 6.45) is -0.767. The third-order valence-electron chi connectivity index (χ3n) is 4.64. The van der Waals surface area contributed by atoms with E-state index in [0.29, 0.717) is 33.1 Å². The number of rotatable bonds is 6. The minimum atomic E-state index is -0.743. The van der Waals surface area contributed by atoms with Gasteiger partial charge in [-0.25, -0.2) is 0 Å². The van der Waals surface area contributed by atoms with Gasteiger partial charge in [-0.3, -0.25) is 14.2 Å². The van der Waals surface area contributed by atoms with Crippen LogP contribution in [0.3, 0.4) is 0 Å². The maximum Gasteiger partial charge on any atom is 0.310 e. The summed E-state index contributed by atoms with van der Waals surface area (Å²) in [6.45, 7) is 3.25. The van der Waals surface area contributed by atoms with Crippen molar-refractivity contribution >= 4 is 34.4 Å². The second-order valence-corrected chi connectivity index (χ2v) is 7.24. The molecular formula is C22H22ClNO5. The fraction of sp³-hybridized carbons (Fsp3) is 0.273. The SMILES string of the molecule is COc1ccc2c(c1)c(CC(=O)OCC(C)O)c(C)n2C(=O)c1ccc(Cl)cc1. The standard InChI is InChI=1S/C22H22ClNO5/c1-13(25)12-29-21(26)11-18-14(2)24(20-9-8-17(28-3)10-19(18)20)22(27)15-4-6-16(23)7-5-15/h4-10,13,25H,11-12H2,1-3H3. The Bertz CT molecular complexity index is 1050. The van der Waals surface area contributed by atoms with Gasteiger partial charge in [-0.05, 0) is 61.9 Å². The van der Waals surface area contributed by atoms with Gasteiger partial charge in [0.05, 0.1) is 25.2 Å². The minimum Gasteiger partial charge on any atom is -0.497 e. The van der Waals surface area contributed by atoms with Crippen molar-refractivity contribution in [1.82, 2.24) is 4.57 Å². The van der Waals surface area contributed by atoms with Gasteiger partial charge in [0.1, 0.15) is 12.4 Å². The molecule has 3 rings (SSSR count). The van der Waals surface area contributed by atoms with Gasteiger partial charge < -0.3 is 14.6 Å². The number of carbonyl (C=O) groups excluding carboxylic acids is 2. The van der Waals surface area contributed by atoms with Crippen LogP contribution in [0.1, 0.15) is 28.5 Å². The van der Waals surface area contributed by atoms with Crippen LogP contribution >= 0.6 is 11.6 Å². The fourth-order valence-electron chi connectivity index (χ4n) is 3.20. The van der Waals surface area contributed by atoms with E-state index in [9.17, 15) is 14.7 Å². The number of aliphatic hydroxyl groups excluding tert-OH is 1. The zero-order valence-corrected chi connectivity index (χ0v) is 17.2. The molecule has 0 saturated heterocycles. The number of ether oxygens (including phenoxy) is 2. The highest BCUT2D eigenvalue weighted by Gasteiger charge is 2.22. The average molecular weight is 416 g/mol. The summed E-state index contributed by atoms with van der Waals surface area (Å²) in [5.41, 5.74) is 2.47. The zero-order chi connectivity index (χ0) is 21.1. The van der Waals surface area contributed by atoms with Gasteiger partial charge in [0.15, 0.2) is 0 Å². The van der Waals surface area contributed by atoms with Gasteiger partial charge in [-0.1, -0.05) is 11.6 Å². The lowest BCUT2D eigenvalue weighted by Gasteiger charge is -2.09. The first kappa shape index (κ1) is 20.9. The van der Waals surface area contributed by atoms with Crippen molar-refractivity contribution in [1.29, 1.82) is 0 Å². The molecule has 152 valence electrons. The summed E-state index contributed by atoms with van der Waals surface area (Å²) in [5, 5.41) is 10.6. The van der Waals surface area contributed by atoms with E-state index < -0.39 is 12.1 Å². The Balaban J connectivity index is 2.08. The van der Waals surface area contributed by atoms with E-state index >= 15 is 0 Å². The minimum absolute atomic E-state index is 0.0247. The number of hydrogen-bond acceptors (Lipinski definition) is 5. The largest absolute Gasteiger partial charge is 0.497 e. The number of carbonyl (C=O) groups is 2. The maximum absolute atomic E-state index is 13.2. The van der Waals surface area contributed by atoms with Crippen LogP contribution in [0.25, 0.3) is 10.9 Å². The lowest BCUT2D eigenvalue weighted by Crippen LogP contribution is -2.17. The summed E-state index contributed by atoms with van der Waals surface area (Å²) >= 11 is 5.93. The van der Waals surface area contributed by atoms with Gasteiger partial charge in [0, 0.05) is 21.7 Å². The molecule has 3 aromatic rings. The van der Waals surface area contributed by atoms with Crippen LogP contribution in [0.4, 0.5) is 0 Å². The molecule has 0 aliphatic rings. The van der Waals surface area contributed by atoms with Crippen LogP contribution in [0.15, 0.2) is 42.5 Å². The molecule has 0 saturated carbocycles. The molecule has 0 spiro atoms. The third-order valence-corrected chi connectivity index (χ3v) is 4.89. The molecule has 7 heteroatoms. The number of esters is 1. The number of hydrogen-bond donors (Lipinski definition) is 1. The van der Waals surface area contributed by atoms with Gasteiger partial charge in [-0.15, -0.1) is 0 Å². The van der Waals surface area contributed by atoms with Crippen molar-refractivity contribution in [2.45, 2.75) is 26.4 Å². The molecule has 1 heterocycles. The van der Waals surface area contributed by atoms with Crippen molar-refractivity contribution in [3.8, 4) is 5.75 Å². The van der Waals surface area contributed by atoms with Crippen molar-refractivity contribution in [2.24, 2.45) is 0 Å². The Kier molecular flexibility index (Phi) is 6.25. The highest BCUT2D eigenvalue weighted by Crippen LogP contribution is 2.31. The van der Waals surface area contributed by atoms with Crippen LogP contribution in [-0.2, 0) is 16.0 Å². The molecule has 29 heavy (non-hydrogen) atoms. The smallest absolute Gasteiger partial charge is 0.310 e. The van der Waals surface area contributed by atoms with Crippen molar-refractivity contribution in [3.05, 3.63) is 64.3 Å². The molecule has 1 N–H and O–H groups in total. The molecule has 0 amide bonds. The Morgan fingerprint density at radius 2 is 1.86 bits per heavy atom. The fourth-order valence-corrected chi connectivity index (χ4v) is 3.33. The van der Waals surface area contributed by atoms with Crippen LogP contribution in [0.5, 0.6) is 5.75 Å². The Morgan fingerprint density at radius 1 is 1.17 bits per heavy atom. The third kappa shape index (κ3) is 4.44. The van der Waals surface area contributed by atoms with E-state index in [4.69, 9.17) is 21.1 Å². The molecule has 0 aliphatic heterocycles. The second kappa shape index (κ2) is 8.68. The highest BCUT2D eigenvalue weighted by molar-refractivity contribution is 6.30. The summed E-state index contributed by atoms with van der Waals surface area (Å²) in [6, 6.07) is 12.0. The van der Waals surface area contributed by atoms with Crippen LogP contribution < -0.4 is 4.74 Å². The number of nitrogens with zero attached hydrogens (tertiary/aromatic N) is 1. The summed E-state index contributed by atoms with van der Waals surface area (Å²) < 4.78 is 12.0. The Labute approximate surface area is 173 Å². The van der Waals surface area contributed by atoms with E-state index in [2.05, 4.69) is 0 Å². The Hall–Kier alpha value is -2.83. The maximum atomic E-state index is 13.2. The number of aliphatic hydroxyl groups is 1. The van der Waals surface area contributed by atoms with E-state index in [-0.39, 0.29) is 18.9 Å². The van der Waals surface area contributed by atoms with Gasteiger partial charge in [-0.2, -0.15) is 0 Å². The topological polar surface area (TPSA) is 77.8 Å². The van der Waals surface area contributed by atoms with Crippen LogP contribution in [-0.4, -0.2) is 41.4 Å². The number of fused-ring (bicyclic) bond motifs is 1. The number of methoxy groups -OCH3 is 1. The van der Waals surface area contributed by atoms with Crippen molar-refractivity contribution < 1.29 is 24.2 Å². The van der Waals surface area contributed by atoms with Crippen LogP contribution in [0.2, 0.25) is 5.02 Å². The van der Waals surface area contributed by atoms with Crippen molar-refractivity contribution in [3.63, 3.8) is 0 Å². The van der Waals surface area contributed by atoms with Crippen molar-refractivity contribution in [2.75, 3.05) is 13.7 Å². The van der Waals surface area contributed by atoms with E-state index in [1.54, 1.807) is 68.0 Å². The molecule has 2 aromatic carbocycles. The highest BCUT2D eigenvalue weighted by atomic mass is 35.5. The summed E-state index contributed by atoms with van der Waals surface area (Å²) in [4.78, 5) is 25.5. The molecule has 0 bridgehead atoms. The second-order valence-electron chi connectivity index (χ2n) is 6.80. The molecule has 6 nitrogen and oxygen atoms in total. The first-order valence-electron chi connectivity index (χ1n) is 9.13. The quantitative estimate of drug-likeness (QED) is 0.620. The molecule has 0 aliphatic carbocycles.